The Morgan fingerprint density at radius 3 is 2.61 bits per heavy atom. The van der Waals surface area contributed by atoms with Gasteiger partial charge in [0.1, 0.15) is 17.7 Å². The molecular formula is C18H24F2N4O4. The molecule has 0 aliphatic carbocycles. The van der Waals surface area contributed by atoms with Gasteiger partial charge < -0.3 is 25.4 Å². The minimum atomic E-state index is -0.922. The molecule has 1 aromatic rings. The summed E-state index contributed by atoms with van der Waals surface area (Å²) in [6.45, 7) is 4.79. The van der Waals surface area contributed by atoms with E-state index in [2.05, 4.69) is 15.5 Å². The Labute approximate surface area is 161 Å². The molecule has 0 saturated carbocycles. The van der Waals surface area contributed by atoms with E-state index in [1.165, 1.54) is 0 Å². The summed E-state index contributed by atoms with van der Waals surface area (Å²) in [7, 11) is 0. The summed E-state index contributed by atoms with van der Waals surface area (Å²) in [5.41, 5.74) is -0.160. The Hall–Kier alpha value is -2.30. The van der Waals surface area contributed by atoms with Crippen molar-refractivity contribution >= 4 is 17.6 Å². The van der Waals surface area contributed by atoms with Gasteiger partial charge in [0.25, 0.3) is 0 Å². The lowest BCUT2D eigenvalue weighted by Gasteiger charge is -2.35. The third-order valence-corrected chi connectivity index (χ3v) is 5.03. The minimum Gasteiger partial charge on any atom is -0.388 e. The SMILES string of the molecule is CC(=O)N1CCN(C[C@@H]2OC[C@H](NC(=O)Nc3ccc(F)cc3F)[C@H]2O)CC1. The van der Waals surface area contributed by atoms with Crippen molar-refractivity contribution in [1.29, 1.82) is 0 Å². The number of halogens is 2. The lowest BCUT2D eigenvalue weighted by atomic mass is 10.1. The van der Waals surface area contributed by atoms with Crippen LogP contribution in [-0.4, -0.2) is 84.4 Å². The van der Waals surface area contributed by atoms with Crippen molar-refractivity contribution in [3.8, 4) is 0 Å². The summed E-state index contributed by atoms with van der Waals surface area (Å²) in [5.74, 6) is -1.58. The van der Waals surface area contributed by atoms with Gasteiger partial charge in [-0.2, -0.15) is 0 Å². The number of benzene rings is 1. The predicted molar refractivity (Wildman–Crippen MR) is 96.7 cm³/mol. The molecule has 8 nitrogen and oxygen atoms in total. The number of carbonyl (C=O) groups excluding carboxylic acids is 2. The second kappa shape index (κ2) is 8.80. The molecule has 0 spiro atoms. The van der Waals surface area contributed by atoms with Gasteiger partial charge in [0.2, 0.25) is 5.91 Å². The summed E-state index contributed by atoms with van der Waals surface area (Å²) in [5, 5.41) is 15.3. The molecule has 1 aromatic carbocycles. The monoisotopic (exact) mass is 398 g/mol. The second-order valence-corrected chi connectivity index (χ2v) is 7.00. The number of ether oxygens (including phenoxy) is 1. The molecule has 0 aromatic heterocycles. The van der Waals surface area contributed by atoms with E-state index in [0.717, 1.165) is 12.1 Å². The molecule has 3 rings (SSSR count). The number of aliphatic hydroxyl groups is 1. The van der Waals surface area contributed by atoms with Crippen LogP contribution in [0.2, 0.25) is 0 Å². The number of piperazine rings is 1. The summed E-state index contributed by atoms with van der Waals surface area (Å²) >= 11 is 0. The Balaban J connectivity index is 1.46. The lowest BCUT2D eigenvalue weighted by Crippen LogP contribution is -2.52. The van der Waals surface area contributed by atoms with E-state index in [1.54, 1.807) is 11.8 Å². The minimum absolute atomic E-state index is 0.0460. The van der Waals surface area contributed by atoms with Gasteiger partial charge in [0.05, 0.1) is 24.4 Å². The van der Waals surface area contributed by atoms with Gasteiger partial charge in [-0.3, -0.25) is 9.69 Å². The zero-order chi connectivity index (χ0) is 20.3. The Kier molecular flexibility index (Phi) is 6.42. The zero-order valence-corrected chi connectivity index (χ0v) is 15.5. The number of nitrogens with one attached hydrogen (secondary N) is 2. The zero-order valence-electron chi connectivity index (χ0n) is 15.5. The molecule has 10 heteroatoms. The van der Waals surface area contributed by atoms with Crippen LogP contribution in [0.4, 0.5) is 19.3 Å². The first-order valence-electron chi connectivity index (χ1n) is 9.13. The normalized spacial score (nSPS) is 25.6. The fourth-order valence-corrected chi connectivity index (χ4v) is 3.39. The van der Waals surface area contributed by atoms with Gasteiger partial charge in [0.15, 0.2) is 0 Å². The quantitative estimate of drug-likeness (QED) is 0.682. The van der Waals surface area contributed by atoms with Crippen LogP contribution in [0.3, 0.4) is 0 Å². The molecule has 2 aliphatic rings. The third-order valence-electron chi connectivity index (χ3n) is 5.03. The second-order valence-electron chi connectivity index (χ2n) is 7.00. The first-order valence-corrected chi connectivity index (χ1v) is 9.13. The molecule has 0 unspecified atom stereocenters. The molecule has 2 fully saturated rings. The van der Waals surface area contributed by atoms with E-state index >= 15 is 0 Å². The molecule has 3 atom stereocenters. The molecule has 2 heterocycles. The number of nitrogens with zero attached hydrogens (tertiary/aromatic N) is 2. The molecular weight excluding hydrogens is 374 g/mol. The highest BCUT2D eigenvalue weighted by atomic mass is 19.1. The maximum absolute atomic E-state index is 13.6. The lowest BCUT2D eigenvalue weighted by molar-refractivity contribution is -0.130. The van der Waals surface area contributed by atoms with Gasteiger partial charge >= 0.3 is 6.03 Å². The van der Waals surface area contributed by atoms with E-state index in [-0.39, 0.29) is 18.2 Å². The van der Waals surface area contributed by atoms with Crippen molar-refractivity contribution in [2.24, 2.45) is 0 Å². The van der Waals surface area contributed by atoms with E-state index in [9.17, 15) is 23.5 Å². The van der Waals surface area contributed by atoms with Gasteiger partial charge in [-0.25, -0.2) is 13.6 Å². The van der Waals surface area contributed by atoms with Gasteiger partial charge in [-0.1, -0.05) is 0 Å². The van der Waals surface area contributed by atoms with Crippen molar-refractivity contribution in [3.63, 3.8) is 0 Å². The fourth-order valence-electron chi connectivity index (χ4n) is 3.39. The molecule has 2 saturated heterocycles. The average molecular weight is 398 g/mol. The highest BCUT2D eigenvalue weighted by Crippen LogP contribution is 2.18. The summed E-state index contributed by atoms with van der Waals surface area (Å²) in [4.78, 5) is 27.3. The number of anilines is 1. The average Bonchev–Trinajstić information content (AvgIpc) is 2.98. The van der Waals surface area contributed by atoms with Crippen LogP contribution >= 0.6 is 0 Å². The summed E-state index contributed by atoms with van der Waals surface area (Å²) in [6.07, 6.45) is -1.40. The Morgan fingerprint density at radius 1 is 1.25 bits per heavy atom. The van der Waals surface area contributed by atoms with E-state index in [1.807, 2.05) is 0 Å². The third kappa shape index (κ3) is 4.94. The van der Waals surface area contributed by atoms with Crippen molar-refractivity contribution in [2.45, 2.75) is 25.2 Å². The smallest absolute Gasteiger partial charge is 0.319 e. The van der Waals surface area contributed by atoms with Crippen LogP contribution in [0.1, 0.15) is 6.92 Å². The maximum Gasteiger partial charge on any atom is 0.319 e. The molecule has 3 amide bonds. The van der Waals surface area contributed by atoms with Crippen LogP contribution in [-0.2, 0) is 9.53 Å². The van der Waals surface area contributed by atoms with Crippen LogP contribution in [0, 0.1) is 11.6 Å². The van der Waals surface area contributed by atoms with Crippen molar-refractivity contribution in [2.75, 3.05) is 44.6 Å². The number of rotatable bonds is 4. The van der Waals surface area contributed by atoms with Crippen LogP contribution < -0.4 is 10.6 Å². The molecule has 3 N–H and O–H groups in total. The van der Waals surface area contributed by atoms with Crippen LogP contribution in [0.25, 0.3) is 0 Å². The standard InChI is InChI=1S/C18H24F2N4O4/c1-11(25)24-6-4-23(5-7-24)9-16-17(26)15(10-28-16)22-18(27)21-14-3-2-12(19)8-13(14)20/h2-3,8,15-17,26H,4-7,9-10H2,1H3,(H2,21,22,27)/t15-,16-,17+/m0/s1. The summed E-state index contributed by atoms with van der Waals surface area (Å²) < 4.78 is 32.1. The van der Waals surface area contributed by atoms with Crippen molar-refractivity contribution in [3.05, 3.63) is 29.8 Å². The van der Waals surface area contributed by atoms with Crippen molar-refractivity contribution in [1.82, 2.24) is 15.1 Å². The highest BCUT2D eigenvalue weighted by Gasteiger charge is 2.38. The molecule has 0 radical (unpaired) electrons. The molecule has 28 heavy (non-hydrogen) atoms. The van der Waals surface area contributed by atoms with Gasteiger partial charge in [0, 0.05) is 45.7 Å². The van der Waals surface area contributed by atoms with Gasteiger partial charge in [-0.15, -0.1) is 0 Å². The first kappa shape index (κ1) is 20.4. The van der Waals surface area contributed by atoms with Crippen molar-refractivity contribution < 1.29 is 28.2 Å². The van der Waals surface area contributed by atoms with E-state index in [0.29, 0.717) is 38.8 Å². The van der Waals surface area contributed by atoms with Crippen LogP contribution in [0.15, 0.2) is 18.2 Å². The Morgan fingerprint density at radius 2 is 1.96 bits per heavy atom. The van der Waals surface area contributed by atoms with E-state index in [4.69, 9.17) is 4.74 Å². The Bertz CT molecular complexity index is 728. The highest BCUT2D eigenvalue weighted by molar-refractivity contribution is 5.89. The van der Waals surface area contributed by atoms with Gasteiger partial charge in [-0.05, 0) is 12.1 Å². The number of hydrogen-bond acceptors (Lipinski definition) is 5. The largest absolute Gasteiger partial charge is 0.388 e. The maximum atomic E-state index is 13.6. The predicted octanol–water partition coefficient (Wildman–Crippen LogP) is 0.379. The number of aliphatic hydroxyl groups excluding tert-OH is 1. The molecule has 2 aliphatic heterocycles. The fraction of sp³-hybridized carbons (Fsp3) is 0.556. The van der Waals surface area contributed by atoms with Crippen LogP contribution in [0.5, 0.6) is 0 Å². The number of hydrogen-bond donors (Lipinski definition) is 3. The topological polar surface area (TPSA) is 94.1 Å². The molecule has 0 bridgehead atoms. The summed E-state index contributed by atoms with van der Waals surface area (Å²) in [6, 6.07) is 1.47. The number of urea groups is 1. The van der Waals surface area contributed by atoms with E-state index < -0.39 is 35.9 Å². The molecule has 154 valence electrons. The number of carbonyl (C=O) groups is 2. The number of amides is 3. The first-order chi connectivity index (χ1) is 13.3.